The van der Waals surface area contributed by atoms with Crippen molar-refractivity contribution < 1.29 is 125 Å². The highest BCUT2D eigenvalue weighted by atomic mass is 16.5. The standard InChI is InChI=1S/C81H142N6O26/c1-3-65(30-24-26-42-82-75(95)62-113-57-53-109-49-45-85-77(97)63-112-56-50-106-46-28-32-67(89)39-40-71(81(104)105)87-74(94)35-21-17-13-9-5-7-11-15-19-23-37-79(100)101)72(92)59-86-70(64(2)88)34-25-27-43-83-76(96)61-111-55-51-107-47-29-33-69(91)60-110-54-52-108-48-44-84-73(93)41-38-66(80(102)103)58-68(90)31-20-16-12-8-4-6-10-14-18-22-36-78(98)99/h65-66,70-71,86H,3-63H2,1-2H3,(H,82,95)(H,83,96)(H,84,93)(H,85,97)(H,87,94)(H,98,99)(H,100,101)(H,102,103)(H,104,105)/t65-,66+,70-,71-/m0/s1. The molecule has 0 aliphatic rings. The Bertz CT molecular complexity index is 2600. The number of Topliss-reactive ketones (excluding diaryl/α,β-unsaturated/α-hetero) is 5. The van der Waals surface area contributed by atoms with Gasteiger partial charge in [0.2, 0.25) is 29.5 Å². The van der Waals surface area contributed by atoms with Crippen molar-refractivity contribution in [2.75, 3.05) is 138 Å². The number of carbonyl (C=O) groups excluding carboxylic acids is 10. The Morgan fingerprint density at radius 1 is 0.292 bits per heavy atom. The molecule has 0 heterocycles. The highest BCUT2D eigenvalue weighted by Crippen LogP contribution is 2.19. The van der Waals surface area contributed by atoms with Crippen LogP contribution in [0.4, 0.5) is 0 Å². The number of nitrogens with one attached hydrogen (secondary N) is 6. The molecule has 0 aromatic carbocycles. The molecular formula is C81H142N6O26. The summed E-state index contributed by atoms with van der Waals surface area (Å²) in [6, 6.07) is -1.64. The zero-order valence-electron chi connectivity index (χ0n) is 68.2. The molecule has 0 aromatic rings. The summed E-state index contributed by atoms with van der Waals surface area (Å²) < 4.78 is 43.4. The number of hydrogen-bond donors (Lipinski definition) is 10. The van der Waals surface area contributed by atoms with Crippen LogP contribution in [0.1, 0.15) is 271 Å². The molecule has 0 aliphatic heterocycles. The van der Waals surface area contributed by atoms with Crippen LogP contribution >= 0.6 is 0 Å². The second-order valence-corrected chi connectivity index (χ2v) is 28.6. The van der Waals surface area contributed by atoms with Crippen molar-refractivity contribution in [2.24, 2.45) is 11.8 Å². The van der Waals surface area contributed by atoms with E-state index < -0.39 is 41.9 Å². The minimum absolute atomic E-state index is 0.00192. The van der Waals surface area contributed by atoms with E-state index in [1.54, 1.807) is 0 Å². The summed E-state index contributed by atoms with van der Waals surface area (Å²) in [6.45, 7) is 6.68. The van der Waals surface area contributed by atoms with Crippen LogP contribution in [-0.4, -0.2) is 253 Å². The van der Waals surface area contributed by atoms with Crippen molar-refractivity contribution in [3.63, 3.8) is 0 Å². The number of carbonyl (C=O) groups is 14. The van der Waals surface area contributed by atoms with Gasteiger partial charge in [0.25, 0.3) is 0 Å². The molecule has 10 N–H and O–H groups in total. The molecular weight excluding hydrogens is 1470 g/mol. The third-order valence-corrected chi connectivity index (χ3v) is 18.6. The lowest BCUT2D eigenvalue weighted by atomic mass is 9.94. The molecule has 0 saturated carbocycles. The number of ether oxygens (including phenoxy) is 8. The molecule has 0 fully saturated rings. The molecule has 32 nitrogen and oxygen atoms in total. The fourth-order valence-electron chi connectivity index (χ4n) is 11.9. The SMILES string of the molecule is CC[C@@H](CCCCNC(=O)COCCOCCNC(=O)COCCOCCCC(=O)CC[C@H](NC(=O)CCCCCCCCCCCCC(=O)O)C(=O)O)C(=O)CN[C@@H](CCCCNC(=O)COCCOCCCC(=O)COCCOCCNC(=O)CC[C@H](CC(=O)CCCCCCCCCCCCC(=O)O)C(=O)O)C(C)=O. The number of aliphatic carboxylic acids is 4. The second kappa shape index (κ2) is 76.5. The van der Waals surface area contributed by atoms with Gasteiger partial charge in [-0.05, 0) is 96.8 Å². The van der Waals surface area contributed by atoms with E-state index in [0.717, 1.165) is 109 Å². The van der Waals surface area contributed by atoms with E-state index in [1.807, 2.05) is 6.92 Å². The average Bonchev–Trinajstić information content (AvgIpc) is 0.927. The van der Waals surface area contributed by atoms with Gasteiger partial charge in [0.1, 0.15) is 55.6 Å². The van der Waals surface area contributed by atoms with Gasteiger partial charge in [-0.1, -0.05) is 116 Å². The number of amides is 5. The van der Waals surface area contributed by atoms with Gasteiger partial charge in [-0.25, -0.2) is 4.79 Å². The van der Waals surface area contributed by atoms with Crippen molar-refractivity contribution in [2.45, 2.75) is 283 Å². The molecule has 0 rings (SSSR count). The van der Waals surface area contributed by atoms with Crippen LogP contribution in [0.15, 0.2) is 0 Å². The van der Waals surface area contributed by atoms with Crippen LogP contribution in [0, 0.1) is 11.8 Å². The van der Waals surface area contributed by atoms with E-state index in [2.05, 4.69) is 31.9 Å². The van der Waals surface area contributed by atoms with E-state index >= 15 is 0 Å². The molecule has 5 amide bonds. The first kappa shape index (κ1) is 106. The highest BCUT2D eigenvalue weighted by Gasteiger charge is 2.24. The Hall–Kier alpha value is -6.78. The molecule has 0 bridgehead atoms. The largest absolute Gasteiger partial charge is 0.481 e. The van der Waals surface area contributed by atoms with Gasteiger partial charge in [0.05, 0.1) is 84.6 Å². The lowest BCUT2D eigenvalue weighted by Crippen LogP contribution is -2.41. The second-order valence-electron chi connectivity index (χ2n) is 28.6. The van der Waals surface area contributed by atoms with E-state index in [-0.39, 0.29) is 247 Å². The van der Waals surface area contributed by atoms with Crippen molar-refractivity contribution >= 4 is 82.3 Å². The summed E-state index contributed by atoms with van der Waals surface area (Å²) in [5, 5.41) is 53.2. The normalized spacial score (nSPS) is 12.3. The summed E-state index contributed by atoms with van der Waals surface area (Å²) in [5.41, 5.74) is 0. The van der Waals surface area contributed by atoms with E-state index in [9.17, 15) is 77.3 Å². The zero-order valence-corrected chi connectivity index (χ0v) is 68.2. The lowest BCUT2D eigenvalue weighted by molar-refractivity contribution is -0.144. The van der Waals surface area contributed by atoms with Crippen molar-refractivity contribution in [3.05, 3.63) is 0 Å². The van der Waals surface area contributed by atoms with Crippen molar-refractivity contribution in [1.82, 2.24) is 31.9 Å². The predicted molar refractivity (Wildman–Crippen MR) is 421 cm³/mol. The van der Waals surface area contributed by atoms with Gasteiger partial charge in [0.15, 0.2) is 5.78 Å². The van der Waals surface area contributed by atoms with Crippen LogP contribution in [0.25, 0.3) is 0 Å². The van der Waals surface area contributed by atoms with Gasteiger partial charge in [-0.2, -0.15) is 0 Å². The summed E-state index contributed by atoms with van der Waals surface area (Å²) in [5.74, 6) is -6.94. The first-order valence-electron chi connectivity index (χ1n) is 41.7. The van der Waals surface area contributed by atoms with Crippen LogP contribution in [0.5, 0.6) is 0 Å². The molecule has 0 saturated heterocycles. The highest BCUT2D eigenvalue weighted by molar-refractivity contribution is 5.87. The number of carboxylic acid groups (broad SMARTS) is 4. The van der Waals surface area contributed by atoms with Gasteiger partial charge in [-0.3, -0.25) is 62.3 Å². The van der Waals surface area contributed by atoms with Crippen LogP contribution in [0.3, 0.4) is 0 Å². The topological polar surface area (TPSA) is 466 Å². The fourth-order valence-corrected chi connectivity index (χ4v) is 11.9. The van der Waals surface area contributed by atoms with Gasteiger partial charge < -0.3 is 90.2 Å². The maximum absolute atomic E-state index is 13.1. The number of carboxylic acids is 4. The minimum Gasteiger partial charge on any atom is -0.481 e. The molecule has 0 unspecified atom stereocenters. The predicted octanol–water partition coefficient (Wildman–Crippen LogP) is 8.09. The average molecular weight is 1620 g/mol. The first-order valence-corrected chi connectivity index (χ1v) is 41.7. The maximum atomic E-state index is 13.1. The Morgan fingerprint density at radius 2 is 0.681 bits per heavy atom. The smallest absolute Gasteiger partial charge is 0.326 e. The molecule has 32 heteroatoms. The third kappa shape index (κ3) is 72.7. The molecule has 0 spiro atoms. The van der Waals surface area contributed by atoms with Crippen LogP contribution in [0.2, 0.25) is 0 Å². The summed E-state index contributed by atoms with van der Waals surface area (Å²) in [6.07, 6.45) is 25.9. The van der Waals surface area contributed by atoms with Gasteiger partial charge in [-0.15, -0.1) is 0 Å². The van der Waals surface area contributed by atoms with Gasteiger partial charge >= 0.3 is 23.9 Å². The number of hydrogen-bond acceptors (Lipinski definition) is 23. The monoisotopic (exact) mass is 1610 g/mol. The summed E-state index contributed by atoms with van der Waals surface area (Å²) in [7, 11) is 0. The minimum atomic E-state index is -1.19. The lowest BCUT2D eigenvalue weighted by Gasteiger charge is -2.18. The van der Waals surface area contributed by atoms with Gasteiger partial charge in [0, 0.05) is 103 Å². The summed E-state index contributed by atoms with van der Waals surface area (Å²) in [4.78, 5) is 169. The molecule has 0 aliphatic carbocycles. The Morgan fingerprint density at radius 3 is 1.12 bits per heavy atom. The Balaban J connectivity index is 3.87. The van der Waals surface area contributed by atoms with Crippen molar-refractivity contribution in [1.29, 1.82) is 0 Å². The van der Waals surface area contributed by atoms with Crippen LogP contribution < -0.4 is 31.9 Å². The zero-order chi connectivity index (χ0) is 83.4. The number of rotatable bonds is 87. The van der Waals surface area contributed by atoms with Crippen molar-refractivity contribution in [3.8, 4) is 0 Å². The first-order chi connectivity index (χ1) is 54.5. The fraction of sp³-hybridized carbons (Fsp3) is 0.827. The van der Waals surface area contributed by atoms with E-state index in [4.69, 9.17) is 48.1 Å². The quantitative estimate of drug-likeness (QED) is 0.0257. The number of ketones is 5. The maximum Gasteiger partial charge on any atom is 0.326 e. The molecule has 4 atom stereocenters. The van der Waals surface area contributed by atoms with Crippen LogP contribution in [-0.2, 0) is 105 Å². The summed E-state index contributed by atoms with van der Waals surface area (Å²) >= 11 is 0. The third-order valence-electron chi connectivity index (χ3n) is 18.6. The number of unbranched alkanes of at least 4 members (excludes halogenated alkanes) is 20. The molecule has 0 aromatic heterocycles. The molecule has 0 radical (unpaired) electrons. The van der Waals surface area contributed by atoms with E-state index in [1.165, 1.54) is 6.92 Å². The van der Waals surface area contributed by atoms with E-state index in [0.29, 0.717) is 103 Å². The molecule has 652 valence electrons. The molecule has 113 heavy (non-hydrogen) atoms. The Labute approximate surface area is 670 Å². The Kier molecular flexibility index (Phi) is 71.9.